The van der Waals surface area contributed by atoms with Crippen LogP contribution in [-0.2, 0) is 23.1 Å². The van der Waals surface area contributed by atoms with Crippen molar-refractivity contribution in [1.29, 1.82) is 0 Å². The third kappa shape index (κ3) is 4.79. The highest BCUT2D eigenvalue weighted by Crippen LogP contribution is 2.33. The third-order valence-corrected chi connectivity index (χ3v) is 6.56. The van der Waals surface area contributed by atoms with Gasteiger partial charge in [-0.15, -0.1) is 0 Å². The number of urea groups is 1. The highest BCUT2D eigenvalue weighted by Gasteiger charge is 2.55. The summed E-state index contributed by atoms with van der Waals surface area (Å²) in [6, 6.07) is 9.40. The molecule has 0 bridgehead atoms. The van der Waals surface area contributed by atoms with Gasteiger partial charge in [-0.3, -0.25) is 19.4 Å². The van der Waals surface area contributed by atoms with Gasteiger partial charge in [0.2, 0.25) is 11.9 Å². The van der Waals surface area contributed by atoms with Crippen molar-refractivity contribution in [1.82, 2.24) is 24.8 Å². The molecule has 1 aliphatic rings. The summed E-state index contributed by atoms with van der Waals surface area (Å²) in [5.41, 5.74) is 8.59. The van der Waals surface area contributed by atoms with E-state index in [2.05, 4.69) is 15.3 Å². The lowest BCUT2D eigenvalue weighted by atomic mass is 9.81. The molecular weight excluding hydrogens is 458 g/mol. The molecule has 4 amide bonds. The molecule has 2 aromatic heterocycles. The Hall–Kier alpha value is -4.21. The van der Waals surface area contributed by atoms with Gasteiger partial charge in [0, 0.05) is 32.7 Å². The normalized spacial score (nSPS) is 17.9. The fraction of sp³-hybridized carbons (Fsp3) is 0.346. The van der Waals surface area contributed by atoms with Crippen molar-refractivity contribution in [2.75, 3.05) is 17.7 Å². The molecule has 1 fully saturated rings. The highest BCUT2D eigenvalue weighted by molar-refractivity contribution is 6.12. The van der Waals surface area contributed by atoms with Crippen molar-refractivity contribution in [2.24, 2.45) is 13.0 Å². The van der Waals surface area contributed by atoms with Gasteiger partial charge in [-0.1, -0.05) is 36.8 Å². The number of pyridine rings is 1. The van der Waals surface area contributed by atoms with Crippen molar-refractivity contribution in [2.45, 2.75) is 38.8 Å². The molecule has 0 radical (unpaired) electrons. The van der Waals surface area contributed by atoms with E-state index < -0.39 is 29.8 Å². The Kier molecular flexibility index (Phi) is 7.05. The Labute approximate surface area is 210 Å². The molecule has 3 heterocycles. The topological polar surface area (TPSA) is 126 Å². The van der Waals surface area contributed by atoms with Crippen molar-refractivity contribution < 1.29 is 14.4 Å². The van der Waals surface area contributed by atoms with Gasteiger partial charge in [0.05, 0.1) is 12.0 Å². The number of carbonyl (C=O) groups is 3. The second-order valence-corrected chi connectivity index (χ2v) is 9.11. The Morgan fingerprint density at radius 2 is 1.97 bits per heavy atom. The predicted molar refractivity (Wildman–Crippen MR) is 136 cm³/mol. The van der Waals surface area contributed by atoms with Crippen LogP contribution in [0.3, 0.4) is 0 Å². The number of hydrogen-bond donors (Lipinski definition) is 2. The number of β-lactam (4-membered cyclic amide) rings is 1. The van der Waals surface area contributed by atoms with Crippen molar-refractivity contribution >= 4 is 29.6 Å². The molecule has 0 aliphatic carbocycles. The standard InChI is InChI=1S/C26H31N7O3/c1-5-20(18-8-6-7-16(2)13-18)30-26(36)33-22(24(35)32(4)25-29-11-12-31(25)3)19(23(33)34)14-17-9-10-28-21(27)15-17/h6-13,15,19-20,22H,5,14H2,1-4H3,(H2,27,28)(H,30,36)/t19-,20?,22+/m1/s1. The van der Waals surface area contributed by atoms with Crippen LogP contribution in [0.4, 0.5) is 16.6 Å². The van der Waals surface area contributed by atoms with Gasteiger partial charge in [0.1, 0.15) is 11.9 Å². The number of aryl methyl sites for hydroxylation is 2. The van der Waals surface area contributed by atoms with E-state index in [1.807, 2.05) is 38.1 Å². The zero-order valence-corrected chi connectivity index (χ0v) is 20.9. The number of nitrogen functional groups attached to an aromatic ring is 1. The number of imidazole rings is 1. The van der Waals surface area contributed by atoms with Gasteiger partial charge in [0.15, 0.2) is 0 Å². The molecule has 3 aromatic rings. The van der Waals surface area contributed by atoms with E-state index in [1.54, 1.807) is 49.4 Å². The summed E-state index contributed by atoms with van der Waals surface area (Å²) in [7, 11) is 3.36. The van der Waals surface area contributed by atoms with Crippen molar-refractivity contribution in [3.05, 3.63) is 71.7 Å². The first-order valence-corrected chi connectivity index (χ1v) is 11.9. The van der Waals surface area contributed by atoms with Crippen LogP contribution >= 0.6 is 0 Å². The van der Waals surface area contributed by atoms with Crippen LogP contribution in [-0.4, -0.2) is 50.4 Å². The zero-order chi connectivity index (χ0) is 26.0. The molecule has 0 spiro atoms. The number of amides is 4. The van der Waals surface area contributed by atoms with Crippen LogP contribution in [0.25, 0.3) is 0 Å². The molecule has 3 N–H and O–H groups in total. The number of nitrogens with one attached hydrogen (secondary N) is 1. The Morgan fingerprint density at radius 1 is 1.19 bits per heavy atom. The van der Waals surface area contributed by atoms with E-state index in [-0.39, 0.29) is 12.5 Å². The fourth-order valence-corrected chi connectivity index (χ4v) is 4.64. The molecule has 1 aliphatic heterocycles. The first-order chi connectivity index (χ1) is 17.2. The number of benzene rings is 1. The second kappa shape index (κ2) is 10.2. The Balaban J connectivity index is 1.61. The quantitative estimate of drug-likeness (QED) is 0.491. The summed E-state index contributed by atoms with van der Waals surface area (Å²) in [4.78, 5) is 50.9. The number of likely N-dealkylation sites (tertiary alicyclic amines) is 1. The molecule has 10 heteroatoms. The summed E-state index contributed by atoms with van der Waals surface area (Å²) in [6.07, 6.45) is 5.75. The van der Waals surface area contributed by atoms with Crippen LogP contribution < -0.4 is 16.0 Å². The molecule has 10 nitrogen and oxygen atoms in total. The van der Waals surface area contributed by atoms with Crippen LogP contribution in [0.15, 0.2) is 55.0 Å². The minimum absolute atomic E-state index is 0.259. The predicted octanol–water partition coefficient (Wildman–Crippen LogP) is 2.60. The Bertz CT molecular complexity index is 1290. The maximum Gasteiger partial charge on any atom is 0.325 e. The maximum absolute atomic E-state index is 13.6. The number of nitrogens with two attached hydrogens (primary N) is 1. The molecule has 0 saturated carbocycles. The molecule has 3 atom stereocenters. The lowest BCUT2D eigenvalue weighted by Gasteiger charge is -2.45. The van der Waals surface area contributed by atoms with E-state index in [0.29, 0.717) is 18.2 Å². The van der Waals surface area contributed by atoms with E-state index in [4.69, 9.17) is 5.73 Å². The minimum Gasteiger partial charge on any atom is -0.384 e. The number of rotatable bonds is 7. The zero-order valence-electron chi connectivity index (χ0n) is 20.9. The largest absolute Gasteiger partial charge is 0.384 e. The van der Waals surface area contributed by atoms with Gasteiger partial charge < -0.3 is 15.6 Å². The number of aromatic nitrogens is 3. The van der Waals surface area contributed by atoms with Crippen LogP contribution in [0.5, 0.6) is 0 Å². The molecule has 188 valence electrons. The smallest absolute Gasteiger partial charge is 0.325 e. The van der Waals surface area contributed by atoms with Gasteiger partial charge >= 0.3 is 6.03 Å². The molecular formula is C26H31N7O3. The highest BCUT2D eigenvalue weighted by atomic mass is 16.2. The fourth-order valence-electron chi connectivity index (χ4n) is 4.64. The SMILES string of the molecule is CCC(NC(=O)N1C(=O)[C@H](Cc2ccnc(N)c2)[C@H]1C(=O)N(C)c1nccn1C)c1cccc(C)c1. The lowest BCUT2D eigenvalue weighted by molar-refractivity contribution is -0.156. The Morgan fingerprint density at radius 3 is 2.61 bits per heavy atom. The summed E-state index contributed by atoms with van der Waals surface area (Å²) in [5, 5.41) is 2.95. The maximum atomic E-state index is 13.6. The van der Waals surface area contributed by atoms with Gasteiger partial charge in [0.25, 0.3) is 5.91 Å². The summed E-state index contributed by atoms with van der Waals surface area (Å²) in [6.45, 7) is 3.94. The molecule has 36 heavy (non-hydrogen) atoms. The first kappa shape index (κ1) is 24.9. The van der Waals surface area contributed by atoms with Crippen LogP contribution in [0.2, 0.25) is 0 Å². The molecule has 1 unspecified atom stereocenters. The minimum atomic E-state index is -0.983. The van der Waals surface area contributed by atoms with Gasteiger partial charge in [-0.25, -0.2) is 14.8 Å². The van der Waals surface area contributed by atoms with E-state index >= 15 is 0 Å². The molecule has 4 rings (SSSR count). The average Bonchev–Trinajstić information content (AvgIpc) is 3.28. The van der Waals surface area contributed by atoms with Crippen molar-refractivity contribution in [3.63, 3.8) is 0 Å². The van der Waals surface area contributed by atoms with Crippen LogP contribution in [0, 0.1) is 12.8 Å². The van der Waals surface area contributed by atoms with E-state index in [0.717, 1.165) is 21.6 Å². The summed E-state index contributed by atoms with van der Waals surface area (Å²) in [5.74, 6) is -0.779. The second-order valence-electron chi connectivity index (χ2n) is 9.11. The number of anilines is 2. The molecule has 1 aromatic carbocycles. The average molecular weight is 490 g/mol. The van der Waals surface area contributed by atoms with Crippen LogP contribution in [0.1, 0.15) is 36.1 Å². The van der Waals surface area contributed by atoms with E-state index in [1.165, 1.54) is 4.90 Å². The lowest BCUT2D eigenvalue weighted by Crippen LogP contribution is -2.70. The van der Waals surface area contributed by atoms with Gasteiger partial charge in [-0.2, -0.15) is 0 Å². The number of imide groups is 1. The molecule has 1 saturated heterocycles. The number of hydrogen-bond acceptors (Lipinski definition) is 6. The number of carbonyl (C=O) groups excluding carboxylic acids is 3. The monoisotopic (exact) mass is 489 g/mol. The first-order valence-electron chi connectivity index (χ1n) is 11.9. The number of nitrogens with zero attached hydrogens (tertiary/aromatic N) is 5. The van der Waals surface area contributed by atoms with Crippen molar-refractivity contribution in [3.8, 4) is 0 Å². The van der Waals surface area contributed by atoms with E-state index in [9.17, 15) is 14.4 Å². The van der Waals surface area contributed by atoms with Gasteiger partial charge in [-0.05, 0) is 43.0 Å². The number of likely N-dealkylation sites (N-methyl/N-ethyl adjacent to an activating group) is 1. The third-order valence-electron chi connectivity index (χ3n) is 6.56. The summed E-state index contributed by atoms with van der Waals surface area (Å²) >= 11 is 0. The summed E-state index contributed by atoms with van der Waals surface area (Å²) < 4.78 is 1.70.